The molecule has 0 spiro atoms. The van der Waals surface area contributed by atoms with Crippen LogP contribution in [0.25, 0.3) is 0 Å². The molecule has 10 nitrogen and oxygen atoms in total. The number of anilines is 1. The second kappa shape index (κ2) is 10.8. The zero-order chi connectivity index (χ0) is 24.1. The molecule has 2 heterocycles. The van der Waals surface area contributed by atoms with Crippen molar-refractivity contribution in [3.8, 4) is 5.75 Å². The number of ether oxygens (including phenoxy) is 2. The summed E-state index contributed by atoms with van der Waals surface area (Å²) in [7, 11) is 2.99. The number of thioether (sulfide) groups is 1. The van der Waals surface area contributed by atoms with Gasteiger partial charge in [0.2, 0.25) is 5.91 Å². The maximum Gasteiger partial charge on any atom is 0.341 e. The first-order chi connectivity index (χ1) is 15.7. The number of carbonyl (C=O) groups excluding carboxylic acids is 3. The SMILES string of the molecule is COC(=O)c1c(NC(=O)CSc2nnc(COc3ccc(Br)cc3)n2C)sc(C(N)=O)c1C. The molecule has 0 aliphatic carbocycles. The molecule has 1 aromatic carbocycles. The Morgan fingerprint density at radius 2 is 1.94 bits per heavy atom. The first-order valence-electron chi connectivity index (χ1n) is 9.42. The summed E-state index contributed by atoms with van der Waals surface area (Å²) in [6, 6.07) is 7.41. The first kappa shape index (κ1) is 24.7. The minimum Gasteiger partial charge on any atom is -0.486 e. The van der Waals surface area contributed by atoms with Crippen molar-refractivity contribution in [1.82, 2.24) is 14.8 Å². The largest absolute Gasteiger partial charge is 0.486 e. The predicted octanol–water partition coefficient (Wildman–Crippen LogP) is 3.14. The maximum absolute atomic E-state index is 12.5. The third-order valence-electron chi connectivity index (χ3n) is 4.45. The zero-order valence-corrected chi connectivity index (χ0v) is 21.1. The number of nitrogens with two attached hydrogens (primary N) is 1. The number of methoxy groups -OCH3 is 1. The van der Waals surface area contributed by atoms with E-state index in [1.54, 1.807) is 18.5 Å². The van der Waals surface area contributed by atoms with E-state index in [9.17, 15) is 14.4 Å². The molecule has 0 aliphatic heterocycles. The summed E-state index contributed by atoms with van der Waals surface area (Å²) in [6.07, 6.45) is 0. The molecule has 33 heavy (non-hydrogen) atoms. The lowest BCUT2D eigenvalue weighted by molar-refractivity contribution is -0.113. The summed E-state index contributed by atoms with van der Waals surface area (Å²) >= 11 is 5.47. The van der Waals surface area contributed by atoms with Crippen LogP contribution >= 0.6 is 39.0 Å². The molecule has 0 atom stereocenters. The van der Waals surface area contributed by atoms with Gasteiger partial charge in [-0.3, -0.25) is 9.59 Å². The van der Waals surface area contributed by atoms with Crippen molar-refractivity contribution >= 4 is 61.8 Å². The molecule has 2 amide bonds. The summed E-state index contributed by atoms with van der Waals surface area (Å²) < 4.78 is 13.2. The molecular formula is C20H20BrN5O5S2. The van der Waals surface area contributed by atoms with Gasteiger partial charge >= 0.3 is 5.97 Å². The van der Waals surface area contributed by atoms with Crippen molar-refractivity contribution in [2.45, 2.75) is 18.7 Å². The molecule has 0 fully saturated rings. The number of nitrogens with one attached hydrogen (secondary N) is 1. The number of primary amides is 1. The van der Waals surface area contributed by atoms with Crippen molar-refractivity contribution in [2.75, 3.05) is 18.2 Å². The Hall–Kier alpha value is -2.90. The van der Waals surface area contributed by atoms with Crippen LogP contribution in [0.15, 0.2) is 33.9 Å². The molecule has 0 aliphatic rings. The van der Waals surface area contributed by atoms with Gasteiger partial charge in [0.15, 0.2) is 11.0 Å². The number of thiophene rings is 1. The van der Waals surface area contributed by atoms with E-state index in [1.165, 1.54) is 18.9 Å². The Balaban J connectivity index is 1.62. The van der Waals surface area contributed by atoms with E-state index in [0.717, 1.165) is 15.8 Å². The monoisotopic (exact) mass is 553 g/mol. The van der Waals surface area contributed by atoms with Crippen LogP contribution in [0, 0.1) is 6.92 Å². The van der Waals surface area contributed by atoms with Gasteiger partial charge in [-0.1, -0.05) is 27.7 Å². The summed E-state index contributed by atoms with van der Waals surface area (Å²) in [5.41, 5.74) is 5.84. The number of benzene rings is 1. The highest BCUT2D eigenvalue weighted by atomic mass is 79.9. The van der Waals surface area contributed by atoms with Gasteiger partial charge in [-0.15, -0.1) is 21.5 Å². The molecule has 0 saturated carbocycles. The lowest BCUT2D eigenvalue weighted by atomic mass is 10.1. The fraction of sp³-hybridized carbons (Fsp3) is 0.250. The van der Waals surface area contributed by atoms with Crippen LogP contribution in [0.4, 0.5) is 5.00 Å². The lowest BCUT2D eigenvalue weighted by Gasteiger charge is -2.07. The van der Waals surface area contributed by atoms with Gasteiger partial charge in [0.1, 0.15) is 17.4 Å². The average molecular weight is 554 g/mol. The van der Waals surface area contributed by atoms with E-state index in [-0.39, 0.29) is 27.8 Å². The van der Waals surface area contributed by atoms with E-state index in [4.69, 9.17) is 15.2 Å². The lowest BCUT2D eigenvalue weighted by Crippen LogP contribution is -2.16. The van der Waals surface area contributed by atoms with Crippen molar-refractivity contribution in [3.63, 3.8) is 0 Å². The summed E-state index contributed by atoms with van der Waals surface area (Å²) in [6.45, 7) is 1.79. The van der Waals surface area contributed by atoms with Gasteiger partial charge < -0.3 is 25.1 Å². The molecule has 2 aromatic heterocycles. The van der Waals surface area contributed by atoms with Crippen LogP contribution in [0.2, 0.25) is 0 Å². The van der Waals surface area contributed by atoms with Gasteiger partial charge in [0.05, 0.1) is 23.3 Å². The van der Waals surface area contributed by atoms with Crippen molar-refractivity contribution in [1.29, 1.82) is 0 Å². The van der Waals surface area contributed by atoms with Crippen molar-refractivity contribution in [3.05, 3.63) is 50.6 Å². The molecule has 13 heteroatoms. The number of aromatic nitrogens is 3. The van der Waals surface area contributed by atoms with Crippen LogP contribution in [-0.2, 0) is 23.2 Å². The van der Waals surface area contributed by atoms with Gasteiger partial charge in [-0.2, -0.15) is 0 Å². The normalized spacial score (nSPS) is 10.7. The zero-order valence-electron chi connectivity index (χ0n) is 17.9. The number of rotatable bonds is 9. The third kappa shape index (κ3) is 5.92. The Labute approximate surface area is 206 Å². The Kier molecular flexibility index (Phi) is 8.10. The van der Waals surface area contributed by atoms with Crippen LogP contribution in [0.5, 0.6) is 5.75 Å². The minimum absolute atomic E-state index is 0.00298. The summed E-state index contributed by atoms with van der Waals surface area (Å²) in [5.74, 6) is -0.453. The van der Waals surface area contributed by atoms with Gasteiger partial charge in [-0.25, -0.2) is 4.79 Å². The highest BCUT2D eigenvalue weighted by molar-refractivity contribution is 9.10. The molecule has 0 unspecified atom stereocenters. The molecule has 0 saturated heterocycles. The van der Waals surface area contributed by atoms with Crippen LogP contribution in [0.1, 0.15) is 31.4 Å². The topological polar surface area (TPSA) is 138 Å². The molecule has 3 rings (SSSR count). The van der Waals surface area contributed by atoms with E-state index in [0.29, 0.717) is 22.3 Å². The summed E-state index contributed by atoms with van der Waals surface area (Å²) in [5, 5.41) is 11.6. The number of amides is 2. The smallest absolute Gasteiger partial charge is 0.341 e. The molecule has 3 aromatic rings. The molecule has 0 radical (unpaired) electrons. The molecule has 0 bridgehead atoms. The van der Waals surface area contributed by atoms with E-state index in [1.807, 2.05) is 24.3 Å². The summed E-state index contributed by atoms with van der Waals surface area (Å²) in [4.78, 5) is 36.4. The molecule has 174 valence electrons. The maximum atomic E-state index is 12.5. The number of hydrogen-bond acceptors (Lipinski definition) is 9. The number of hydrogen-bond donors (Lipinski definition) is 2. The second-order valence-electron chi connectivity index (χ2n) is 6.65. The average Bonchev–Trinajstić information content (AvgIpc) is 3.30. The fourth-order valence-electron chi connectivity index (χ4n) is 2.75. The first-order valence-corrected chi connectivity index (χ1v) is 12.0. The van der Waals surface area contributed by atoms with E-state index in [2.05, 4.69) is 31.4 Å². The molecular weight excluding hydrogens is 534 g/mol. The van der Waals surface area contributed by atoms with Gasteiger partial charge in [-0.05, 0) is 36.8 Å². The highest BCUT2D eigenvalue weighted by Crippen LogP contribution is 2.33. The predicted molar refractivity (Wildman–Crippen MR) is 128 cm³/mol. The van der Waals surface area contributed by atoms with Gasteiger partial charge in [0, 0.05) is 11.5 Å². The second-order valence-corrected chi connectivity index (χ2v) is 9.53. The van der Waals surface area contributed by atoms with E-state index >= 15 is 0 Å². The highest BCUT2D eigenvalue weighted by Gasteiger charge is 2.25. The van der Waals surface area contributed by atoms with Gasteiger partial charge in [0.25, 0.3) is 5.91 Å². The quantitative estimate of drug-likeness (QED) is 0.304. The third-order valence-corrected chi connectivity index (χ3v) is 7.22. The standard InChI is InChI=1S/C20H20BrN5O5S2/c1-10-15(19(29)30-3)18(33-16(10)17(22)28)23-14(27)9-32-20-25-24-13(26(20)2)8-31-12-6-4-11(21)5-7-12/h4-7H,8-9H2,1-3H3,(H2,22,28)(H,23,27). The van der Waals surface area contributed by atoms with Crippen molar-refractivity contribution in [2.24, 2.45) is 12.8 Å². The fourth-order valence-corrected chi connectivity index (χ4v) is 4.81. The Morgan fingerprint density at radius 1 is 1.24 bits per heavy atom. The van der Waals surface area contributed by atoms with Crippen LogP contribution in [-0.4, -0.2) is 45.4 Å². The Morgan fingerprint density at radius 3 is 2.58 bits per heavy atom. The van der Waals surface area contributed by atoms with Crippen LogP contribution in [0.3, 0.4) is 0 Å². The van der Waals surface area contributed by atoms with E-state index < -0.39 is 17.8 Å². The van der Waals surface area contributed by atoms with Crippen LogP contribution < -0.4 is 15.8 Å². The number of halogens is 1. The number of esters is 1. The number of nitrogens with zero attached hydrogens (tertiary/aromatic N) is 3. The molecule has 3 N–H and O–H groups in total. The minimum atomic E-state index is -0.686. The number of carbonyl (C=O) groups is 3. The van der Waals surface area contributed by atoms with Crippen molar-refractivity contribution < 1.29 is 23.9 Å². The Bertz CT molecular complexity index is 1190.